The van der Waals surface area contributed by atoms with Crippen molar-refractivity contribution in [2.75, 3.05) is 18.0 Å². The number of rotatable bonds is 3. The lowest BCUT2D eigenvalue weighted by molar-refractivity contribution is 0.00114. The van der Waals surface area contributed by atoms with Gasteiger partial charge in [0.2, 0.25) is 0 Å². The van der Waals surface area contributed by atoms with Gasteiger partial charge in [0.1, 0.15) is 5.84 Å². The highest BCUT2D eigenvalue weighted by atomic mass is 32.1. The molecule has 4 nitrogen and oxygen atoms in total. The van der Waals surface area contributed by atoms with Crippen molar-refractivity contribution in [2.45, 2.75) is 83.2 Å². The SMILES string of the molecule is CC1(C)C(=S)N(c2ccc(C#N)cc2)C(=NC23CC4CC(CC(C4)C2)C3)[C@@H]1N1CCCCC1. The van der Waals surface area contributed by atoms with Gasteiger partial charge in [-0.25, -0.2) is 0 Å². The van der Waals surface area contributed by atoms with Crippen molar-refractivity contribution in [3.05, 3.63) is 29.8 Å². The van der Waals surface area contributed by atoms with Crippen LogP contribution in [0.5, 0.6) is 0 Å². The first-order chi connectivity index (χ1) is 15.9. The van der Waals surface area contributed by atoms with Gasteiger partial charge in [-0.05, 0) is 106 Å². The molecular formula is C28H36N4S. The molecule has 2 heterocycles. The van der Waals surface area contributed by atoms with Crippen LogP contribution in [0, 0.1) is 34.5 Å². The molecule has 33 heavy (non-hydrogen) atoms. The molecule has 6 fully saturated rings. The molecule has 1 aromatic rings. The summed E-state index contributed by atoms with van der Waals surface area (Å²) in [7, 11) is 0. The normalized spacial score (nSPS) is 38.8. The van der Waals surface area contributed by atoms with Gasteiger partial charge in [0.15, 0.2) is 0 Å². The quantitative estimate of drug-likeness (QED) is 0.523. The summed E-state index contributed by atoms with van der Waals surface area (Å²) in [6, 6.07) is 10.5. The fourth-order valence-electron chi connectivity index (χ4n) is 8.24. The van der Waals surface area contributed by atoms with Crippen molar-refractivity contribution >= 4 is 28.7 Å². The van der Waals surface area contributed by atoms with Gasteiger partial charge in [-0.2, -0.15) is 5.26 Å². The number of thiocarbonyl (C=S) groups is 1. The Morgan fingerprint density at radius 1 is 0.939 bits per heavy atom. The molecule has 0 radical (unpaired) electrons. The molecule has 2 aliphatic heterocycles. The molecule has 4 aliphatic carbocycles. The number of benzene rings is 1. The van der Waals surface area contributed by atoms with Crippen molar-refractivity contribution in [2.24, 2.45) is 28.2 Å². The minimum atomic E-state index is -0.151. The van der Waals surface area contributed by atoms with E-state index >= 15 is 0 Å². The van der Waals surface area contributed by atoms with E-state index in [1.807, 2.05) is 12.1 Å². The number of anilines is 1. The van der Waals surface area contributed by atoms with E-state index in [4.69, 9.17) is 17.2 Å². The molecular weight excluding hydrogens is 424 g/mol. The number of hydrogen-bond donors (Lipinski definition) is 0. The van der Waals surface area contributed by atoms with Crippen molar-refractivity contribution in [1.29, 1.82) is 5.26 Å². The summed E-state index contributed by atoms with van der Waals surface area (Å²) in [4.78, 5) is 11.8. The van der Waals surface area contributed by atoms with Crippen LogP contribution in [0.1, 0.15) is 77.2 Å². The summed E-state index contributed by atoms with van der Waals surface area (Å²) in [5.41, 5.74) is 1.71. The second-order valence-corrected chi connectivity index (χ2v) is 12.5. The first kappa shape index (κ1) is 21.7. The van der Waals surface area contributed by atoms with Crippen LogP contribution < -0.4 is 4.90 Å². The van der Waals surface area contributed by atoms with Crippen LogP contribution in [0.4, 0.5) is 5.69 Å². The number of amidine groups is 1. The van der Waals surface area contributed by atoms with Crippen LogP contribution in [0.2, 0.25) is 0 Å². The molecule has 1 atom stereocenters. The van der Waals surface area contributed by atoms with Gasteiger partial charge < -0.3 is 0 Å². The van der Waals surface area contributed by atoms with Gasteiger partial charge in [0, 0.05) is 11.1 Å². The van der Waals surface area contributed by atoms with E-state index in [1.54, 1.807) is 0 Å². The molecule has 4 saturated carbocycles. The number of nitrogens with zero attached hydrogens (tertiary/aromatic N) is 4. The fourth-order valence-corrected chi connectivity index (χ4v) is 8.55. The zero-order chi connectivity index (χ0) is 22.8. The standard InChI is InChI=1S/C28H36N4S/c1-27(2)24(31-10-4-3-5-11-31)25(32(26(27)33)23-8-6-19(18-29)7-9-23)30-28-15-20-12-21(16-28)14-22(13-20)17-28/h6-9,20-22,24H,3-5,10-17H2,1-2H3/t20?,21?,22?,24-,28?/m0/s1. The predicted molar refractivity (Wildman–Crippen MR) is 138 cm³/mol. The number of aliphatic imine (C=N–C) groups is 1. The Kier molecular flexibility index (Phi) is 5.20. The lowest BCUT2D eigenvalue weighted by Crippen LogP contribution is -2.53. The van der Waals surface area contributed by atoms with Gasteiger partial charge in [0.05, 0.1) is 28.2 Å². The van der Waals surface area contributed by atoms with Gasteiger partial charge in [0.25, 0.3) is 0 Å². The molecule has 0 unspecified atom stereocenters. The molecule has 0 aromatic heterocycles. The highest BCUT2D eigenvalue weighted by molar-refractivity contribution is 7.80. The van der Waals surface area contributed by atoms with Crippen LogP contribution in [0.3, 0.4) is 0 Å². The molecule has 7 rings (SSSR count). The minimum Gasteiger partial charge on any atom is -0.293 e. The maximum atomic E-state index is 9.32. The average Bonchev–Trinajstić information content (AvgIpc) is 2.98. The van der Waals surface area contributed by atoms with E-state index in [2.05, 4.69) is 41.8 Å². The van der Waals surface area contributed by atoms with E-state index in [1.165, 1.54) is 63.6 Å². The first-order valence-corrected chi connectivity index (χ1v) is 13.5. The second kappa shape index (κ2) is 7.89. The number of likely N-dealkylation sites (tertiary alicyclic amines) is 1. The van der Waals surface area contributed by atoms with Crippen LogP contribution in [0.15, 0.2) is 29.3 Å². The molecule has 1 aromatic carbocycles. The maximum absolute atomic E-state index is 9.32. The Morgan fingerprint density at radius 2 is 1.52 bits per heavy atom. The lowest BCUT2D eigenvalue weighted by atomic mass is 9.53. The third-order valence-electron chi connectivity index (χ3n) is 9.28. The Bertz CT molecular complexity index is 976. The highest BCUT2D eigenvalue weighted by Gasteiger charge is 2.56. The van der Waals surface area contributed by atoms with Crippen molar-refractivity contribution in [1.82, 2.24) is 4.90 Å². The zero-order valence-corrected chi connectivity index (χ0v) is 20.9. The molecule has 0 spiro atoms. The first-order valence-electron chi connectivity index (χ1n) is 13.1. The third-order valence-corrected chi connectivity index (χ3v) is 9.99. The molecule has 6 aliphatic rings. The van der Waals surface area contributed by atoms with Crippen molar-refractivity contribution in [3.63, 3.8) is 0 Å². The Hall–Kier alpha value is -1.77. The van der Waals surface area contributed by atoms with E-state index in [9.17, 15) is 5.26 Å². The van der Waals surface area contributed by atoms with E-state index in [0.29, 0.717) is 5.56 Å². The summed E-state index contributed by atoms with van der Waals surface area (Å²) in [5, 5.41) is 9.32. The third kappa shape index (κ3) is 3.56. The Balaban J connectivity index is 1.47. The monoisotopic (exact) mass is 460 g/mol. The minimum absolute atomic E-state index is 0.110. The van der Waals surface area contributed by atoms with Crippen LogP contribution in [-0.4, -0.2) is 40.4 Å². The topological polar surface area (TPSA) is 42.6 Å². The summed E-state index contributed by atoms with van der Waals surface area (Å²) in [5.74, 6) is 3.81. The van der Waals surface area contributed by atoms with Gasteiger partial charge in [-0.1, -0.05) is 32.5 Å². The molecule has 5 heteroatoms. The summed E-state index contributed by atoms with van der Waals surface area (Å²) < 4.78 is 0. The van der Waals surface area contributed by atoms with E-state index < -0.39 is 0 Å². The predicted octanol–water partition coefficient (Wildman–Crippen LogP) is 5.95. The largest absolute Gasteiger partial charge is 0.293 e. The van der Waals surface area contributed by atoms with E-state index in [-0.39, 0.29) is 17.0 Å². The number of hydrogen-bond acceptors (Lipinski definition) is 4. The Morgan fingerprint density at radius 3 is 2.06 bits per heavy atom. The number of nitriles is 1. The molecule has 0 amide bonds. The summed E-state index contributed by atoms with van der Waals surface area (Å²) in [6.45, 7) is 6.93. The van der Waals surface area contributed by atoms with Crippen LogP contribution in [0.25, 0.3) is 0 Å². The highest BCUT2D eigenvalue weighted by Crippen LogP contribution is 2.58. The smallest absolute Gasteiger partial charge is 0.127 e. The fraction of sp³-hybridized carbons (Fsp3) is 0.679. The maximum Gasteiger partial charge on any atom is 0.127 e. The van der Waals surface area contributed by atoms with Gasteiger partial charge in [-0.3, -0.25) is 14.8 Å². The van der Waals surface area contributed by atoms with Crippen LogP contribution in [-0.2, 0) is 0 Å². The molecule has 0 N–H and O–H groups in total. The molecule has 2 saturated heterocycles. The lowest BCUT2D eigenvalue weighted by Gasteiger charge is -2.55. The summed E-state index contributed by atoms with van der Waals surface area (Å²) in [6.07, 6.45) is 12.0. The zero-order valence-electron chi connectivity index (χ0n) is 20.1. The average molecular weight is 461 g/mol. The van der Waals surface area contributed by atoms with E-state index in [0.717, 1.165) is 41.5 Å². The number of piperidine rings is 1. The molecule has 4 bridgehead atoms. The molecule has 174 valence electrons. The summed E-state index contributed by atoms with van der Waals surface area (Å²) >= 11 is 6.21. The Labute approximate surface area is 204 Å². The van der Waals surface area contributed by atoms with Crippen molar-refractivity contribution < 1.29 is 0 Å². The van der Waals surface area contributed by atoms with Crippen molar-refractivity contribution in [3.8, 4) is 6.07 Å². The van der Waals surface area contributed by atoms with Crippen LogP contribution >= 0.6 is 12.2 Å². The second-order valence-electron chi connectivity index (χ2n) is 12.1. The van der Waals surface area contributed by atoms with Gasteiger partial charge in [-0.15, -0.1) is 0 Å². The van der Waals surface area contributed by atoms with Gasteiger partial charge >= 0.3 is 0 Å².